The summed E-state index contributed by atoms with van der Waals surface area (Å²) in [6, 6.07) is 8.48. The van der Waals surface area contributed by atoms with Crippen molar-refractivity contribution in [2.24, 2.45) is 4.36 Å². The molecule has 0 aliphatic carbocycles. The number of anilines is 1. The zero-order valence-corrected chi connectivity index (χ0v) is 15.7. The molecule has 8 nitrogen and oxygen atoms in total. The number of aromatic nitrogens is 3. The van der Waals surface area contributed by atoms with Gasteiger partial charge in [0.1, 0.15) is 5.82 Å². The Morgan fingerprint density at radius 1 is 1.23 bits per heavy atom. The molecule has 2 aromatic rings. The van der Waals surface area contributed by atoms with Crippen LogP contribution in [-0.4, -0.2) is 57.6 Å². The molecule has 1 unspecified atom stereocenters. The average molecular weight is 396 g/mol. The summed E-state index contributed by atoms with van der Waals surface area (Å²) in [7, 11) is -2.88. The fraction of sp³-hybridized carbons (Fsp3) is 0.375. The number of ether oxygens (including phenoxy) is 1. The lowest BCUT2D eigenvalue weighted by Crippen LogP contribution is -2.37. The van der Waals surface area contributed by atoms with E-state index in [-0.39, 0.29) is 16.9 Å². The highest BCUT2D eigenvalue weighted by molar-refractivity contribution is 7.92. The second-order valence-corrected chi connectivity index (χ2v) is 8.51. The first kappa shape index (κ1) is 18.7. The number of nitrogens with zero attached hydrogens (tertiary/aromatic N) is 5. The number of rotatable bonds is 4. The van der Waals surface area contributed by atoms with Gasteiger partial charge >= 0.3 is 0 Å². The lowest BCUT2D eigenvalue weighted by atomic mass is 10.2. The molecule has 3 rings (SSSR count). The Labute approximate surface area is 156 Å². The first-order valence-electron chi connectivity index (χ1n) is 7.95. The van der Waals surface area contributed by atoms with Crippen molar-refractivity contribution in [3.8, 4) is 0 Å². The summed E-state index contributed by atoms with van der Waals surface area (Å²) < 4.78 is 21.9. The van der Waals surface area contributed by atoms with Crippen LogP contribution in [0.15, 0.2) is 34.7 Å². The Bertz CT molecular complexity index is 909. The zero-order valence-electron chi connectivity index (χ0n) is 14.2. The predicted octanol–water partition coefficient (Wildman–Crippen LogP) is 1.80. The molecule has 0 N–H and O–H groups in total. The zero-order chi connectivity index (χ0) is 18.6. The van der Waals surface area contributed by atoms with Gasteiger partial charge in [-0.2, -0.15) is 14.3 Å². The van der Waals surface area contributed by atoms with E-state index in [9.17, 15) is 9.00 Å². The molecule has 1 aliphatic rings. The monoisotopic (exact) mass is 395 g/mol. The van der Waals surface area contributed by atoms with Gasteiger partial charge in [-0.15, -0.1) is 0 Å². The number of morpholine rings is 1. The smallest absolute Gasteiger partial charge is 0.285 e. The normalized spacial score (nSPS) is 16.8. The van der Waals surface area contributed by atoms with Crippen LogP contribution in [0, 0.1) is 0 Å². The average Bonchev–Trinajstić information content (AvgIpc) is 2.62. The quantitative estimate of drug-likeness (QED) is 0.778. The van der Waals surface area contributed by atoms with E-state index < -0.39 is 15.6 Å². The summed E-state index contributed by atoms with van der Waals surface area (Å²) in [6.45, 7) is 2.42. The van der Waals surface area contributed by atoms with Crippen LogP contribution in [0.5, 0.6) is 0 Å². The number of amides is 1. The van der Waals surface area contributed by atoms with Crippen LogP contribution >= 0.6 is 11.6 Å². The minimum Gasteiger partial charge on any atom is -0.378 e. The van der Waals surface area contributed by atoms with Crippen LogP contribution in [-0.2, 0) is 20.2 Å². The number of benzene rings is 1. The van der Waals surface area contributed by atoms with Crippen molar-refractivity contribution in [2.45, 2.75) is 5.75 Å². The molecule has 1 aliphatic heterocycles. The van der Waals surface area contributed by atoms with E-state index in [1.165, 1.54) is 6.26 Å². The molecule has 1 amide bonds. The summed E-state index contributed by atoms with van der Waals surface area (Å²) in [6.07, 6.45) is 1.40. The maximum atomic E-state index is 12.8. The standard InChI is InChI=1S/C16H18ClN5O3S/c1-26(24,21-14(23)12-5-3-2-4-6-12)11-13-18-15(17)20-16(19-13)22-7-9-25-10-8-22/h2-6H,7-11H2,1H3. The second-order valence-electron chi connectivity index (χ2n) is 5.79. The highest BCUT2D eigenvalue weighted by atomic mass is 35.5. The van der Waals surface area contributed by atoms with Crippen molar-refractivity contribution >= 4 is 33.2 Å². The van der Waals surface area contributed by atoms with Crippen LogP contribution in [0.4, 0.5) is 5.95 Å². The molecule has 1 saturated heterocycles. The van der Waals surface area contributed by atoms with Gasteiger partial charge < -0.3 is 9.64 Å². The van der Waals surface area contributed by atoms with Crippen LogP contribution in [0.25, 0.3) is 0 Å². The van der Waals surface area contributed by atoms with E-state index in [4.69, 9.17) is 16.3 Å². The van der Waals surface area contributed by atoms with E-state index in [1.54, 1.807) is 30.3 Å². The van der Waals surface area contributed by atoms with E-state index >= 15 is 0 Å². The molecule has 0 bridgehead atoms. The van der Waals surface area contributed by atoms with Gasteiger partial charge in [0.15, 0.2) is 0 Å². The van der Waals surface area contributed by atoms with E-state index in [0.717, 1.165) is 0 Å². The van der Waals surface area contributed by atoms with Crippen LogP contribution in [0.1, 0.15) is 16.2 Å². The fourth-order valence-corrected chi connectivity index (χ4v) is 3.73. The number of carbonyl (C=O) groups is 1. The van der Waals surface area contributed by atoms with Crippen molar-refractivity contribution in [1.29, 1.82) is 0 Å². The number of hydrogen-bond donors (Lipinski definition) is 0. The largest absolute Gasteiger partial charge is 0.378 e. The second kappa shape index (κ2) is 8.07. The van der Waals surface area contributed by atoms with Crippen molar-refractivity contribution in [2.75, 3.05) is 37.5 Å². The third-order valence-corrected chi connectivity index (χ3v) is 5.15. The Morgan fingerprint density at radius 2 is 1.92 bits per heavy atom. The van der Waals surface area contributed by atoms with Gasteiger partial charge in [-0.1, -0.05) is 18.2 Å². The minimum absolute atomic E-state index is 0.0149. The predicted molar refractivity (Wildman–Crippen MR) is 98.8 cm³/mol. The summed E-state index contributed by atoms with van der Waals surface area (Å²) in [4.78, 5) is 26.6. The Morgan fingerprint density at radius 3 is 2.62 bits per heavy atom. The summed E-state index contributed by atoms with van der Waals surface area (Å²) in [5.41, 5.74) is 0.379. The molecular formula is C16H18ClN5O3S. The lowest BCUT2D eigenvalue weighted by molar-refractivity contribution is 0.100. The van der Waals surface area contributed by atoms with Gasteiger partial charge in [0.2, 0.25) is 11.2 Å². The third kappa shape index (κ3) is 4.96. The third-order valence-electron chi connectivity index (χ3n) is 3.63. The van der Waals surface area contributed by atoms with Gasteiger partial charge in [-0.25, -0.2) is 9.19 Å². The van der Waals surface area contributed by atoms with Gasteiger partial charge in [-0.3, -0.25) is 4.79 Å². The van der Waals surface area contributed by atoms with Gasteiger partial charge in [-0.05, 0) is 23.7 Å². The lowest BCUT2D eigenvalue weighted by Gasteiger charge is -2.26. The Balaban J connectivity index is 1.82. The SMILES string of the molecule is CS(=O)(Cc1nc(Cl)nc(N2CCOCC2)n1)=NC(=O)c1ccccc1. The van der Waals surface area contributed by atoms with Crippen molar-refractivity contribution in [1.82, 2.24) is 15.0 Å². The molecule has 26 heavy (non-hydrogen) atoms. The van der Waals surface area contributed by atoms with Gasteiger partial charge in [0.25, 0.3) is 5.91 Å². The summed E-state index contributed by atoms with van der Waals surface area (Å²) in [5.74, 6) is 0.0219. The van der Waals surface area contributed by atoms with E-state index in [2.05, 4.69) is 19.3 Å². The molecule has 0 saturated carbocycles. The Kier molecular flexibility index (Phi) is 5.80. The van der Waals surface area contributed by atoms with Crippen molar-refractivity contribution in [3.05, 3.63) is 47.0 Å². The molecule has 1 atom stereocenters. The molecule has 1 aromatic heterocycles. The maximum absolute atomic E-state index is 12.8. The molecular weight excluding hydrogens is 378 g/mol. The van der Waals surface area contributed by atoms with Crippen LogP contribution in [0.2, 0.25) is 5.28 Å². The maximum Gasteiger partial charge on any atom is 0.285 e. The first-order chi connectivity index (χ1) is 12.4. The van der Waals surface area contributed by atoms with Crippen molar-refractivity contribution < 1.29 is 13.7 Å². The summed E-state index contributed by atoms with van der Waals surface area (Å²) >= 11 is 5.99. The number of hydrogen-bond acceptors (Lipinski definition) is 7. The molecule has 1 fully saturated rings. The molecule has 2 heterocycles. The van der Waals surface area contributed by atoms with Crippen molar-refractivity contribution in [3.63, 3.8) is 0 Å². The minimum atomic E-state index is -2.88. The van der Waals surface area contributed by atoms with E-state index in [0.29, 0.717) is 37.8 Å². The fourth-order valence-electron chi connectivity index (χ4n) is 2.43. The number of carbonyl (C=O) groups excluding carboxylic acids is 1. The molecule has 138 valence electrons. The molecule has 0 radical (unpaired) electrons. The van der Waals surface area contributed by atoms with Gasteiger partial charge in [0.05, 0.1) is 28.7 Å². The molecule has 10 heteroatoms. The Hall–Kier alpha value is -2.10. The molecule has 0 spiro atoms. The van der Waals surface area contributed by atoms with E-state index in [1.807, 2.05) is 4.90 Å². The van der Waals surface area contributed by atoms with Crippen LogP contribution < -0.4 is 4.90 Å². The van der Waals surface area contributed by atoms with Crippen LogP contribution in [0.3, 0.4) is 0 Å². The first-order valence-corrected chi connectivity index (χ1v) is 10.4. The highest BCUT2D eigenvalue weighted by Crippen LogP contribution is 2.15. The van der Waals surface area contributed by atoms with Gasteiger partial charge in [0, 0.05) is 24.9 Å². The summed E-state index contributed by atoms with van der Waals surface area (Å²) in [5, 5.41) is 0.0149. The number of halogens is 1. The highest BCUT2D eigenvalue weighted by Gasteiger charge is 2.18. The topological polar surface area (TPSA) is 97.6 Å². The molecule has 1 aromatic carbocycles.